The number of nitrogens with zero attached hydrogens (tertiary/aromatic N) is 5. The number of carbonyl (C=O) groups is 1. The summed E-state index contributed by atoms with van der Waals surface area (Å²) in [5.41, 5.74) is 3.80. The predicted octanol–water partition coefficient (Wildman–Crippen LogP) is 4.75. The second-order valence-electron chi connectivity index (χ2n) is 8.88. The van der Waals surface area contributed by atoms with Gasteiger partial charge in [-0.3, -0.25) is 14.4 Å². The Labute approximate surface area is 191 Å². The van der Waals surface area contributed by atoms with Gasteiger partial charge in [-0.1, -0.05) is 12.1 Å². The predicted molar refractivity (Wildman–Crippen MR) is 123 cm³/mol. The van der Waals surface area contributed by atoms with Crippen molar-refractivity contribution in [2.45, 2.75) is 59.6 Å². The number of thiophene rings is 1. The van der Waals surface area contributed by atoms with E-state index in [1.807, 2.05) is 44.4 Å². The van der Waals surface area contributed by atoms with Crippen molar-refractivity contribution in [1.29, 1.82) is 5.26 Å². The number of nitriles is 1. The van der Waals surface area contributed by atoms with E-state index in [4.69, 9.17) is 9.73 Å². The van der Waals surface area contributed by atoms with Crippen molar-refractivity contribution in [2.75, 3.05) is 0 Å². The summed E-state index contributed by atoms with van der Waals surface area (Å²) in [6.45, 7) is 11.6. The molecule has 2 aromatic heterocycles. The lowest BCUT2D eigenvalue weighted by Crippen LogP contribution is -2.25. The van der Waals surface area contributed by atoms with Gasteiger partial charge < -0.3 is 4.74 Å². The Kier molecular flexibility index (Phi) is 5.47. The first-order valence-electron chi connectivity index (χ1n) is 10.4. The van der Waals surface area contributed by atoms with Crippen LogP contribution in [0.3, 0.4) is 0 Å². The zero-order valence-electron chi connectivity index (χ0n) is 19.1. The summed E-state index contributed by atoms with van der Waals surface area (Å²) in [7, 11) is 0. The second-order valence-corrected chi connectivity index (χ2v) is 10.1. The van der Waals surface area contributed by atoms with E-state index >= 15 is 0 Å². The van der Waals surface area contributed by atoms with Crippen LogP contribution in [0, 0.1) is 32.1 Å². The highest BCUT2D eigenvalue weighted by atomic mass is 32.1. The number of benzene rings is 1. The second kappa shape index (κ2) is 7.99. The lowest BCUT2D eigenvalue weighted by atomic mass is 9.99. The summed E-state index contributed by atoms with van der Waals surface area (Å²) >= 11 is 1.66. The van der Waals surface area contributed by atoms with Crippen molar-refractivity contribution >= 4 is 23.0 Å². The van der Waals surface area contributed by atoms with Gasteiger partial charge in [-0.25, -0.2) is 0 Å². The van der Waals surface area contributed by atoms with Crippen LogP contribution in [0.15, 0.2) is 29.3 Å². The van der Waals surface area contributed by atoms with E-state index in [2.05, 4.69) is 30.1 Å². The molecule has 0 N–H and O–H groups in total. The maximum absolute atomic E-state index is 12.7. The Morgan fingerprint density at radius 2 is 1.88 bits per heavy atom. The number of hydrogen-bond acceptors (Lipinski definition) is 7. The van der Waals surface area contributed by atoms with Crippen molar-refractivity contribution in [3.8, 4) is 11.1 Å². The van der Waals surface area contributed by atoms with E-state index in [0.29, 0.717) is 11.4 Å². The Morgan fingerprint density at radius 1 is 1.19 bits per heavy atom. The van der Waals surface area contributed by atoms with Gasteiger partial charge in [0.1, 0.15) is 22.5 Å². The van der Waals surface area contributed by atoms with Gasteiger partial charge in [0.2, 0.25) is 0 Å². The Bertz CT molecular complexity index is 1270. The highest BCUT2D eigenvalue weighted by Crippen LogP contribution is 2.39. The van der Waals surface area contributed by atoms with Gasteiger partial charge >= 0.3 is 5.97 Å². The SMILES string of the molecule is Cc1sc2c(c1C)C(c1ccc(C#N)cc1)=N[C@@H](CC(=O)OC(C)(C)C)c1nnc(C)n1-2. The van der Waals surface area contributed by atoms with E-state index in [-0.39, 0.29) is 12.4 Å². The molecule has 164 valence electrons. The monoisotopic (exact) mass is 447 g/mol. The molecular formula is C24H25N5O2S. The average molecular weight is 448 g/mol. The van der Waals surface area contributed by atoms with Gasteiger partial charge in [0.25, 0.3) is 0 Å². The van der Waals surface area contributed by atoms with E-state index < -0.39 is 11.6 Å². The normalized spacial score (nSPS) is 15.3. The summed E-state index contributed by atoms with van der Waals surface area (Å²) < 4.78 is 7.59. The molecule has 4 rings (SSSR count). The highest BCUT2D eigenvalue weighted by Gasteiger charge is 2.33. The number of rotatable bonds is 3. The van der Waals surface area contributed by atoms with Crippen LogP contribution in [0.4, 0.5) is 0 Å². The van der Waals surface area contributed by atoms with Crippen LogP contribution in [0.1, 0.15) is 72.0 Å². The van der Waals surface area contributed by atoms with E-state index in [9.17, 15) is 10.1 Å². The third-order valence-electron chi connectivity index (χ3n) is 5.31. The zero-order chi connectivity index (χ0) is 23.2. The zero-order valence-corrected chi connectivity index (χ0v) is 19.9. The molecule has 0 spiro atoms. The van der Waals surface area contributed by atoms with Gasteiger partial charge in [-0.15, -0.1) is 21.5 Å². The van der Waals surface area contributed by atoms with E-state index in [0.717, 1.165) is 33.2 Å². The molecule has 1 aromatic carbocycles. The number of aryl methyl sites for hydroxylation is 2. The van der Waals surface area contributed by atoms with Crippen molar-refractivity contribution in [2.24, 2.45) is 4.99 Å². The molecule has 8 heteroatoms. The van der Waals surface area contributed by atoms with Crippen LogP contribution >= 0.6 is 11.3 Å². The van der Waals surface area contributed by atoms with E-state index in [1.54, 1.807) is 23.5 Å². The number of carbonyl (C=O) groups excluding carboxylic acids is 1. The number of fused-ring (bicyclic) bond motifs is 3. The summed E-state index contributed by atoms with van der Waals surface area (Å²) in [4.78, 5) is 19.0. The first-order chi connectivity index (χ1) is 15.1. The van der Waals surface area contributed by atoms with Crippen LogP contribution in [0.5, 0.6) is 0 Å². The highest BCUT2D eigenvalue weighted by molar-refractivity contribution is 7.15. The fourth-order valence-corrected chi connectivity index (χ4v) is 4.98. The molecule has 0 saturated heterocycles. The molecule has 0 unspecified atom stereocenters. The lowest BCUT2D eigenvalue weighted by Gasteiger charge is -2.21. The molecule has 0 saturated carbocycles. The minimum atomic E-state index is -0.586. The maximum atomic E-state index is 12.7. The van der Waals surface area contributed by atoms with Gasteiger partial charge in [-0.05, 0) is 59.2 Å². The fraction of sp³-hybridized carbons (Fsp3) is 0.375. The van der Waals surface area contributed by atoms with Crippen LogP contribution in [-0.4, -0.2) is 32.0 Å². The molecule has 0 fully saturated rings. The van der Waals surface area contributed by atoms with Crippen LogP contribution in [0.2, 0.25) is 0 Å². The fourth-order valence-electron chi connectivity index (χ4n) is 3.77. The van der Waals surface area contributed by atoms with Crippen LogP contribution < -0.4 is 0 Å². The maximum Gasteiger partial charge on any atom is 0.308 e. The number of ether oxygens (including phenoxy) is 1. The van der Waals surface area contributed by atoms with Crippen molar-refractivity contribution < 1.29 is 9.53 Å². The molecule has 0 bridgehead atoms. The minimum absolute atomic E-state index is 0.0577. The average Bonchev–Trinajstić information content (AvgIpc) is 3.19. The molecule has 7 nitrogen and oxygen atoms in total. The first-order valence-corrected chi connectivity index (χ1v) is 11.2. The first kappa shape index (κ1) is 21.9. The summed E-state index contributed by atoms with van der Waals surface area (Å²) in [6, 6.07) is 8.98. The van der Waals surface area contributed by atoms with Gasteiger partial charge in [-0.2, -0.15) is 5.26 Å². The Balaban J connectivity index is 1.91. The quantitative estimate of drug-likeness (QED) is 0.540. The summed E-state index contributed by atoms with van der Waals surface area (Å²) in [6.07, 6.45) is 0.0577. The van der Waals surface area contributed by atoms with Crippen molar-refractivity contribution in [3.05, 3.63) is 63.0 Å². The molecule has 3 heterocycles. The topological polar surface area (TPSA) is 93.2 Å². The third kappa shape index (κ3) is 3.96. The number of aliphatic imine (C=N–C) groups is 1. The molecule has 32 heavy (non-hydrogen) atoms. The molecular weight excluding hydrogens is 422 g/mol. The van der Waals surface area contributed by atoms with Crippen LogP contribution in [-0.2, 0) is 9.53 Å². The van der Waals surface area contributed by atoms with Crippen molar-refractivity contribution in [1.82, 2.24) is 14.8 Å². The van der Waals surface area contributed by atoms with E-state index in [1.165, 1.54) is 4.88 Å². The summed E-state index contributed by atoms with van der Waals surface area (Å²) in [5.74, 6) is 1.03. The van der Waals surface area contributed by atoms with Crippen molar-refractivity contribution in [3.63, 3.8) is 0 Å². The van der Waals surface area contributed by atoms with Crippen LogP contribution in [0.25, 0.3) is 5.00 Å². The number of hydrogen-bond donors (Lipinski definition) is 0. The smallest absolute Gasteiger partial charge is 0.308 e. The molecule has 3 aromatic rings. The van der Waals surface area contributed by atoms with Gasteiger partial charge in [0.15, 0.2) is 5.82 Å². The Morgan fingerprint density at radius 3 is 2.50 bits per heavy atom. The molecule has 0 radical (unpaired) electrons. The molecule has 1 atom stereocenters. The largest absolute Gasteiger partial charge is 0.460 e. The van der Waals surface area contributed by atoms with Gasteiger partial charge in [0.05, 0.1) is 23.8 Å². The molecule has 0 aliphatic carbocycles. The standard InChI is InChI=1S/C24H25N5O2S/c1-13-14(2)32-23-20(13)21(17-9-7-16(12-25)8-10-17)26-18(11-19(30)31-24(4,5)6)22-28-27-15(3)29(22)23/h7-10,18H,11H2,1-6H3/t18-/m0/s1. The molecule has 1 aliphatic heterocycles. The minimum Gasteiger partial charge on any atom is -0.460 e. The van der Waals surface area contributed by atoms with Gasteiger partial charge in [0, 0.05) is 16.0 Å². The molecule has 0 amide bonds. The number of aromatic nitrogens is 3. The lowest BCUT2D eigenvalue weighted by molar-refractivity contribution is -0.155. The third-order valence-corrected chi connectivity index (χ3v) is 6.50. The number of esters is 1. The summed E-state index contributed by atoms with van der Waals surface area (Å²) in [5, 5.41) is 18.9. The Hall–Kier alpha value is -3.31. The molecule has 1 aliphatic rings.